The number of rotatable bonds is 4. The molecule has 0 saturated carbocycles. The smallest absolute Gasteiger partial charge is 0.224 e. The van der Waals surface area contributed by atoms with Crippen molar-refractivity contribution in [2.24, 2.45) is 0 Å². The third-order valence-electron chi connectivity index (χ3n) is 2.32. The summed E-state index contributed by atoms with van der Waals surface area (Å²) in [4.78, 5) is 11.3. The Labute approximate surface area is 116 Å². The molecular formula is C14H11N5O. The van der Waals surface area contributed by atoms with Gasteiger partial charge in [0.15, 0.2) is 5.57 Å². The van der Waals surface area contributed by atoms with Crippen molar-refractivity contribution in [1.82, 2.24) is 0 Å². The van der Waals surface area contributed by atoms with E-state index in [9.17, 15) is 4.79 Å². The number of hydrogen-bond acceptors (Lipinski definition) is 5. The van der Waals surface area contributed by atoms with Crippen LogP contribution in [0.2, 0.25) is 0 Å². The predicted molar refractivity (Wildman–Crippen MR) is 72.9 cm³/mol. The molecule has 0 fully saturated rings. The molecule has 20 heavy (non-hydrogen) atoms. The molecule has 0 aromatic heterocycles. The normalized spacial score (nSPS) is 8.50. The lowest BCUT2D eigenvalue weighted by atomic mass is 10.2. The molecule has 1 aromatic carbocycles. The monoisotopic (exact) mass is 265 g/mol. The Hall–Kier alpha value is -3.30. The van der Waals surface area contributed by atoms with Crippen LogP contribution in [0.5, 0.6) is 0 Å². The highest BCUT2D eigenvalue weighted by Gasteiger charge is 2.06. The van der Waals surface area contributed by atoms with Crippen LogP contribution in [0.4, 0.5) is 11.4 Å². The molecule has 6 nitrogen and oxygen atoms in total. The summed E-state index contributed by atoms with van der Waals surface area (Å²) in [6.07, 6.45) is 0.355. The van der Waals surface area contributed by atoms with E-state index in [2.05, 4.69) is 10.6 Å². The van der Waals surface area contributed by atoms with E-state index in [1.165, 1.54) is 0 Å². The number of hydrogen-bond donors (Lipinski definition) is 2. The number of nitrogens with zero attached hydrogens (tertiary/aromatic N) is 3. The van der Waals surface area contributed by atoms with Crippen LogP contribution in [-0.4, -0.2) is 5.91 Å². The zero-order valence-electron chi connectivity index (χ0n) is 10.8. The molecular weight excluding hydrogens is 254 g/mol. The van der Waals surface area contributed by atoms with Gasteiger partial charge < -0.3 is 10.6 Å². The Kier molecular flexibility index (Phi) is 5.32. The largest absolute Gasteiger partial charge is 0.345 e. The van der Waals surface area contributed by atoms with Crippen molar-refractivity contribution in [3.63, 3.8) is 0 Å². The topological polar surface area (TPSA) is 112 Å². The van der Waals surface area contributed by atoms with Crippen molar-refractivity contribution in [1.29, 1.82) is 15.8 Å². The first-order valence-corrected chi connectivity index (χ1v) is 5.76. The van der Waals surface area contributed by atoms with Crippen molar-refractivity contribution in [3.05, 3.63) is 35.5 Å². The number of nitrogens with one attached hydrogen (secondary N) is 2. The zero-order valence-corrected chi connectivity index (χ0v) is 10.8. The standard InChI is InChI=1S/C14H11N5O/c1-2-14(20)19-12-5-3-4-11(6-12)18-13(9-17)10(7-15)8-16/h3-6,18H,2H2,1H3,(H,19,20). The average molecular weight is 265 g/mol. The Bertz CT molecular complexity index is 654. The third-order valence-corrected chi connectivity index (χ3v) is 2.32. The van der Waals surface area contributed by atoms with Crippen LogP contribution in [0.25, 0.3) is 0 Å². The highest BCUT2D eigenvalue weighted by Crippen LogP contribution is 2.17. The molecule has 0 heterocycles. The van der Waals surface area contributed by atoms with Gasteiger partial charge in [-0.1, -0.05) is 13.0 Å². The van der Waals surface area contributed by atoms with Crippen LogP contribution in [0, 0.1) is 34.0 Å². The minimum atomic E-state index is -0.296. The summed E-state index contributed by atoms with van der Waals surface area (Å²) >= 11 is 0. The fourth-order valence-corrected chi connectivity index (χ4v) is 1.35. The van der Waals surface area contributed by atoms with Gasteiger partial charge in [0, 0.05) is 17.8 Å². The summed E-state index contributed by atoms with van der Waals surface area (Å²) in [5.74, 6) is -0.132. The van der Waals surface area contributed by atoms with Gasteiger partial charge in [-0.2, -0.15) is 15.8 Å². The minimum absolute atomic E-state index is 0.131. The molecule has 0 saturated heterocycles. The van der Waals surface area contributed by atoms with Crippen LogP contribution < -0.4 is 10.6 Å². The Morgan fingerprint density at radius 1 is 1.10 bits per heavy atom. The molecule has 0 atom stereocenters. The summed E-state index contributed by atoms with van der Waals surface area (Å²) < 4.78 is 0. The van der Waals surface area contributed by atoms with Crippen molar-refractivity contribution >= 4 is 17.3 Å². The van der Waals surface area contributed by atoms with E-state index in [0.29, 0.717) is 17.8 Å². The molecule has 1 aromatic rings. The maximum atomic E-state index is 11.3. The minimum Gasteiger partial charge on any atom is -0.345 e. The lowest BCUT2D eigenvalue weighted by Gasteiger charge is -2.08. The number of benzene rings is 1. The van der Waals surface area contributed by atoms with Crippen molar-refractivity contribution < 1.29 is 4.79 Å². The molecule has 0 radical (unpaired) electrons. The maximum Gasteiger partial charge on any atom is 0.224 e. The van der Waals surface area contributed by atoms with E-state index in [0.717, 1.165) is 0 Å². The van der Waals surface area contributed by atoms with Crippen LogP contribution >= 0.6 is 0 Å². The molecule has 0 aliphatic carbocycles. The third kappa shape index (κ3) is 3.87. The SMILES string of the molecule is CCC(=O)Nc1cccc(NC(C#N)=C(C#N)C#N)c1. The Balaban J connectivity index is 3.00. The molecule has 0 aliphatic rings. The van der Waals surface area contributed by atoms with Crippen LogP contribution in [0.15, 0.2) is 35.5 Å². The molecule has 1 rings (SSSR count). The second-order valence-electron chi connectivity index (χ2n) is 3.69. The van der Waals surface area contributed by atoms with Crippen molar-refractivity contribution in [3.8, 4) is 18.2 Å². The first kappa shape index (κ1) is 14.8. The van der Waals surface area contributed by atoms with Gasteiger partial charge in [0.1, 0.15) is 23.9 Å². The average Bonchev–Trinajstić information content (AvgIpc) is 2.47. The van der Waals surface area contributed by atoms with E-state index >= 15 is 0 Å². The van der Waals surface area contributed by atoms with Gasteiger partial charge in [0.05, 0.1) is 0 Å². The highest BCUT2D eigenvalue weighted by molar-refractivity contribution is 5.91. The van der Waals surface area contributed by atoms with Gasteiger partial charge in [0.2, 0.25) is 5.91 Å². The van der Waals surface area contributed by atoms with E-state index in [4.69, 9.17) is 15.8 Å². The lowest BCUT2D eigenvalue weighted by Crippen LogP contribution is -2.09. The summed E-state index contributed by atoms with van der Waals surface area (Å²) in [6.45, 7) is 1.74. The van der Waals surface area contributed by atoms with Gasteiger partial charge in [-0.3, -0.25) is 4.79 Å². The summed E-state index contributed by atoms with van der Waals surface area (Å²) in [5, 5.41) is 31.8. The fraction of sp³-hybridized carbons (Fsp3) is 0.143. The van der Waals surface area contributed by atoms with Crippen molar-refractivity contribution in [2.75, 3.05) is 10.6 Å². The number of amides is 1. The molecule has 0 spiro atoms. The van der Waals surface area contributed by atoms with Gasteiger partial charge in [-0.25, -0.2) is 0 Å². The molecule has 6 heteroatoms. The quantitative estimate of drug-likeness (QED) is 0.811. The molecule has 98 valence electrons. The van der Waals surface area contributed by atoms with E-state index < -0.39 is 0 Å². The molecule has 2 N–H and O–H groups in total. The second kappa shape index (κ2) is 7.20. The van der Waals surface area contributed by atoms with Gasteiger partial charge in [-0.05, 0) is 18.2 Å². The van der Waals surface area contributed by atoms with E-state index in [1.807, 2.05) is 0 Å². The van der Waals surface area contributed by atoms with Gasteiger partial charge in [0.25, 0.3) is 0 Å². The summed E-state index contributed by atoms with van der Waals surface area (Å²) in [7, 11) is 0. The number of nitriles is 3. The second-order valence-corrected chi connectivity index (χ2v) is 3.69. The maximum absolute atomic E-state index is 11.3. The van der Waals surface area contributed by atoms with Crippen LogP contribution in [0.3, 0.4) is 0 Å². The van der Waals surface area contributed by atoms with Gasteiger partial charge >= 0.3 is 0 Å². The predicted octanol–water partition coefficient (Wildman–Crippen LogP) is 2.27. The summed E-state index contributed by atoms with van der Waals surface area (Å²) in [6, 6.07) is 11.7. The van der Waals surface area contributed by atoms with Crippen LogP contribution in [0.1, 0.15) is 13.3 Å². The Morgan fingerprint density at radius 2 is 1.70 bits per heavy atom. The number of anilines is 2. The molecule has 0 unspecified atom stereocenters. The summed E-state index contributed by atoms with van der Waals surface area (Å²) in [5.41, 5.74) is 0.637. The zero-order chi connectivity index (χ0) is 15.0. The first-order chi connectivity index (χ1) is 9.64. The molecule has 0 bridgehead atoms. The number of carbonyl (C=O) groups excluding carboxylic acids is 1. The fourth-order valence-electron chi connectivity index (χ4n) is 1.35. The Morgan fingerprint density at radius 3 is 2.20 bits per heavy atom. The highest BCUT2D eigenvalue weighted by atomic mass is 16.1. The van der Waals surface area contributed by atoms with Crippen LogP contribution in [-0.2, 0) is 4.79 Å². The first-order valence-electron chi connectivity index (χ1n) is 5.76. The lowest BCUT2D eigenvalue weighted by molar-refractivity contribution is -0.115. The van der Waals surface area contributed by atoms with Crippen molar-refractivity contribution in [2.45, 2.75) is 13.3 Å². The number of allylic oxidation sites excluding steroid dienone is 2. The number of carbonyl (C=O) groups is 1. The van der Waals surface area contributed by atoms with E-state index in [1.54, 1.807) is 49.4 Å². The molecule has 1 amide bonds. The van der Waals surface area contributed by atoms with E-state index in [-0.39, 0.29) is 17.2 Å². The van der Waals surface area contributed by atoms with Gasteiger partial charge in [-0.15, -0.1) is 0 Å². The molecule has 0 aliphatic heterocycles.